The number of ether oxygens (including phenoxy) is 1. The number of methoxy groups -OCH3 is 1. The van der Waals surface area contributed by atoms with Crippen molar-refractivity contribution in [1.29, 1.82) is 5.26 Å². The minimum absolute atomic E-state index is 0.00578. The Bertz CT molecular complexity index is 583. The van der Waals surface area contributed by atoms with Crippen molar-refractivity contribution in [1.82, 2.24) is 10.2 Å². The van der Waals surface area contributed by atoms with E-state index in [9.17, 15) is 13.2 Å². The molecule has 1 heterocycles. The number of halogens is 3. The van der Waals surface area contributed by atoms with Gasteiger partial charge in [0.25, 0.3) is 0 Å². The minimum Gasteiger partial charge on any atom is -0.495 e. The van der Waals surface area contributed by atoms with Gasteiger partial charge in [-0.05, 0) is 37.6 Å². The summed E-state index contributed by atoms with van der Waals surface area (Å²) >= 11 is 0. The van der Waals surface area contributed by atoms with Gasteiger partial charge < -0.3 is 10.1 Å². The van der Waals surface area contributed by atoms with Gasteiger partial charge >= 0.3 is 6.18 Å². The lowest BCUT2D eigenvalue weighted by atomic mass is 9.98. The summed E-state index contributed by atoms with van der Waals surface area (Å²) in [6.45, 7) is 0.860. The van der Waals surface area contributed by atoms with Gasteiger partial charge in [0.1, 0.15) is 17.9 Å². The molecule has 0 saturated carbocycles. The summed E-state index contributed by atoms with van der Waals surface area (Å²) in [7, 11) is 3.01. The molecular formula is C16H20F3N3O. The molecule has 1 aromatic rings. The van der Waals surface area contributed by atoms with Crippen LogP contribution in [0, 0.1) is 11.3 Å². The van der Waals surface area contributed by atoms with Crippen molar-refractivity contribution in [2.45, 2.75) is 37.6 Å². The molecule has 0 spiro atoms. The summed E-state index contributed by atoms with van der Waals surface area (Å²) in [5.74, 6) is 0.515. The molecule has 0 amide bonds. The van der Waals surface area contributed by atoms with E-state index in [0.717, 1.165) is 5.56 Å². The highest BCUT2D eigenvalue weighted by Crippen LogP contribution is 2.31. The van der Waals surface area contributed by atoms with E-state index in [1.807, 2.05) is 6.07 Å². The summed E-state index contributed by atoms with van der Waals surface area (Å²) in [4.78, 5) is 1.36. The molecule has 2 atom stereocenters. The zero-order valence-electron chi connectivity index (χ0n) is 13.2. The fourth-order valence-corrected chi connectivity index (χ4v) is 2.94. The van der Waals surface area contributed by atoms with E-state index in [4.69, 9.17) is 10.00 Å². The average molecular weight is 327 g/mol. The van der Waals surface area contributed by atoms with Gasteiger partial charge in [-0.3, -0.25) is 4.90 Å². The topological polar surface area (TPSA) is 48.3 Å². The van der Waals surface area contributed by atoms with Crippen LogP contribution in [-0.2, 0) is 6.54 Å². The SMILES string of the molecule is COc1ccc(CN[C@@H]2CC[C@@H](C(F)(F)F)N(C)C2)cc1C#N. The van der Waals surface area contributed by atoms with Crippen LogP contribution in [0.25, 0.3) is 0 Å². The lowest BCUT2D eigenvalue weighted by Crippen LogP contribution is -2.53. The molecule has 1 N–H and O–H groups in total. The molecule has 0 radical (unpaired) electrons. The Morgan fingerprint density at radius 2 is 2.13 bits per heavy atom. The number of benzene rings is 1. The van der Waals surface area contributed by atoms with Crippen molar-refractivity contribution in [3.05, 3.63) is 29.3 Å². The van der Waals surface area contributed by atoms with E-state index in [1.165, 1.54) is 19.1 Å². The molecule has 1 saturated heterocycles. The van der Waals surface area contributed by atoms with Crippen LogP contribution >= 0.6 is 0 Å². The number of hydrogen-bond donors (Lipinski definition) is 1. The molecular weight excluding hydrogens is 307 g/mol. The van der Waals surface area contributed by atoms with Crippen LogP contribution in [0.2, 0.25) is 0 Å². The molecule has 7 heteroatoms. The second-order valence-corrected chi connectivity index (χ2v) is 5.80. The maximum atomic E-state index is 12.8. The van der Waals surface area contributed by atoms with Gasteiger partial charge in [0, 0.05) is 19.1 Å². The molecule has 1 aromatic carbocycles. The van der Waals surface area contributed by atoms with Gasteiger partial charge in [0.05, 0.1) is 12.7 Å². The predicted octanol–water partition coefficient (Wildman–Crippen LogP) is 2.68. The number of nitriles is 1. The Morgan fingerprint density at radius 1 is 1.39 bits per heavy atom. The molecule has 1 fully saturated rings. The van der Waals surface area contributed by atoms with Crippen molar-refractivity contribution >= 4 is 0 Å². The summed E-state index contributed by atoms with van der Waals surface area (Å²) in [6.07, 6.45) is -3.59. The van der Waals surface area contributed by atoms with Crippen molar-refractivity contribution in [2.75, 3.05) is 20.7 Å². The Hall–Kier alpha value is -1.78. The third-order valence-corrected chi connectivity index (χ3v) is 4.19. The molecule has 1 aliphatic rings. The Morgan fingerprint density at radius 3 is 2.70 bits per heavy atom. The number of likely N-dealkylation sites (tertiary alicyclic amines) is 1. The van der Waals surface area contributed by atoms with Gasteiger partial charge in [0.15, 0.2) is 0 Å². The zero-order chi connectivity index (χ0) is 17.0. The largest absolute Gasteiger partial charge is 0.495 e. The summed E-state index contributed by atoms with van der Waals surface area (Å²) < 4.78 is 43.5. The summed E-state index contributed by atoms with van der Waals surface area (Å²) in [6, 6.07) is 6.02. The number of nitrogens with one attached hydrogen (secondary N) is 1. The van der Waals surface area contributed by atoms with Crippen molar-refractivity contribution < 1.29 is 17.9 Å². The standard InChI is InChI=1S/C16H20F3N3O/c1-22-10-13(4-6-15(22)16(17,18)19)21-9-11-3-5-14(23-2)12(7-11)8-20/h3,5,7,13,15,21H,4,6,9-10H2,1-2H3/t13-,15+/m1/s1. The average Bonchev–Trinajstić information content (AvgIpc) is 2.51. The maximum Gasteiger partial charge on any atom is 0.404 e. The van der Waals surface area contributed by atoms with Crippen molar-refractivity contribution in [3.8, 4) is 11.8 Å². The Kier molecular flexibility index (Phi) is 5.50. The monoisotopic (exact) mass is 327 g/mol. The Labute approximate surface area is 133 Å². The van der Waals surface area contributed by atoms with E-state index in [-0.39, 0.29) is 12.5 Å². The van der Waals surface area contributed by atoms with Gasteiger partial charge in [0.2, 0.25) is 0 Å². The van der Waals surface area contributed by atoms with E-state index >= 15 is 0 Å². The smallest absolute Gasteiger partial charge is 0.404 e. The third-order valence-electron chi connectivity index (χ3n) is 4.19. The van der Waals surface area contributed by atoms with E-state index in [2.05, 4.69) is 11.4 Å². The number of nitrogens with zero attached hydrogens (tertiary/aromatic N) is 2. The molecule has 1 aliphatic heterocycles. The number of piperidine rings is 1. The van der Waals surface area contributed by atoms with E-state index in [1.54, 1.807) is 12.1 Å². The molecule has 23 heavy (non-hydrogen) atoms. The maximum absolute atomic E-state index is 12.8. The van der Waals surface area contributed by atoms with Crippen LogP contribution in [0.1, 0.15) is 24.0 Å². The number of rotatable bonds is 4. The van der Waals surface area contributed by atoms with Crippen molar-refractivity contribution in [2.24, 2.45) is 0 Å². The van der Waals surface area contributed by atoms with Crippen LogP contribution in [0.3, 0.4) is 0 Å². The lowest BCUT2D eigenvalue weighted by molar-refractivity contribution is -0.188. The van der Waals surface area contributed by atoms with Crippen LogP contribution < -0.4 is 10.1 Å². The van der Waals surface area contributed by atoms with Crippen molar-refractivity contribution in [3.63, 3.8) is 0 Å². The quantitative estimate of drug-likeness (QED) is 0.924. The first-order chi connectivity index (χ1) is 10.8. The highest BCUT2D eigenvalue weighted by molar-refractivity contribution is 5.45. The highest BCUT2D eigenvalue weighted by Gasteiger charge is 2.44. The first-order valence-electron chi connectivity index (χ1n) is 7.42. The first-order valence-corrected chi connectivity index (χ1v) is 7.42. The number of hydrogen-bond acceptors (Lipinski definition) is 4. The predicted molar refractivity (Wildman–Crippen MR) is 80.0 cm³/mol. The minimum atomic E-state index is -4.17. The fraction of sp³-hybridized carbons (Fsp3) is 0.562. The molecule has 0 unspecified atom stereocenters. The van der Waals surface area contributed by atoms with E-state index < -0.39 is 12.2 Å². The lowest BCUT2D eigenvalue weighted by Gasteiger charge is -2.38. The first kappa shape index (κ1) is 17.6. The highest BCUT2D eigenvalue weighted by atomic mass is 19.4. The van der Waals surface area contributed by atoms with Crippen LogP contribution in [0.4, 0.5) is 13.2 Å². The second kappa shape index (κ2) is 7.20. The summed E-state index contributed by atoms with van der Waals surface area (Å²) in [5, 5.41) is 12.3. The molecule has 4 nitrogen and oxygen atoms in total. The third kappa shape index (κ3) is 4.36. The van der Waals surface area contributed by atoms with Gasteiger partial charge in [-0.25, -0.2) is 0 Å². The van der Waals surface area contributed by atoms with Gasteiger partial charge in [-0.2, -0.15) is 18.4 Å². The van der Waals surface area contributed by atoms with Crippen LogP contribution in [0.15, 0.2) is 18.2 Å². The van der Waals surface area contributed by atoms with E-state index in [0.29, 0.717) is 30.8 Å². The molecule has 0 aliphatic carbocycles. The number of likely N-dealkylation sites (N-methyl/N-ethyl adjacent to an activating group) is 1. The number of alkyl halides is 3. The normalized spacial score (nSPS) is 22.6. The van der Waals surface area contributed by atoms with Crippen LogP contribution in [-0.4, -0.2) is 43.9 Å². The fourth-order valence-electron chi connectivity index (χ4n) is 2.94. The molecule has 126 valence electrons. The molecule has 0 bridgehead atoms. The Balaban J connectivity index is 1.92. The molecule has 0 aromatic heterocycles. The zero-order valence-corrected chi connectivity index (χ0v) is 13.2. The summed E-state index contributed by atoms with van der Waals surface area (Å²) in [5.41, 5.74) is 1.35. The van der Waals surface area contributed by atoms with Gasteiger partial charge in [-0.15, -0.1) is 0 Å². The second-order valence-electron chi connectivity index (χ2n) is 5.80. The molecule has 2 rings (SSSR count). The van der Waals surface area contributed by atoms with Gasteiger partial charge in [-0.1, -0.05) is 6.07 Å². The van der Waals surface area contributed by atoms with Crippen LogP contribution in [0.5, 0.6) is 5.75 Å².